The Morgan fingerprint density at radius 1 is 1.38 bits per heavy atom. The Labute approximate surface area is 78.2 Å². The Balaban J connectivity index is 0.000000671. The molecular formula is C10H16N2O. The molecule has 3 nitrogen and oxygen atoms in total. The lowest BCUT2D eigenvalue weighted by Crippen LogP contribution is -2.00. The average molecular weight is 180 g/mol. The van der Waals surface area contributed by atoms with Crippen LogP contribution in [0.5, 0.6) is 0 Å². The third kappa shape index (κ3) is 2.78. The van der Waals surface area contributed by atoms with E-state index in [0.29, 0.717) is 5.69 Å². The first-order valence-electron chi connectivity index (χ1n) is 4.25. The van der Waals surface area contributed by atoms with Crippen LogP contribution in [0.3, 0.4) is 0 Å². The second-order valence-electron chi connectivity index (χ2n) is 2.35. The number of nitrogens with one attached hydrogen (secondary N) is 2. The third-order valence-corrected chi connectivity index (χ3v) is 1.39. The van der Waals surface area contributed by atoms with Crippen molar-refractivity contribution in [3.05, 3.63) is 35.0 Å². The first-order chi connectivity index (χ1) is 6.15. The quantitative estimate of drug-likeness (QED) is 0.721. The molecular weight excluding hydrogens is 164 g/mol. The van der Waals surface area contributed by atoms with Crippen molar-refractivity contribution >= 4 is 11.6 Å². The smallest absolute Gasteiger partial charge is 0.306 e. The van der Waals surface area contributed by atoms with E-state index < -0.39 is 0 Å². The van der Waals surface area contributed by atoms with Crippen LogP contribution < -0.4 is 5.69 Å². The van der Waals surface area contributed by atoms with Gasteiger partial charge in [-0.25, -0.2) is 4.79 Å². The van der Waals surface area contributed by atoms with Crippen LogP contribution in [0, 0.1) is 0 Å². The van der Waals surface area contributed by atoms with Gasteiger partial charge >= 0.3 is 5.69 Å². The van der Waals surface area contributed by atoms with Gasteiger partial charge in [-0.1, -0.05) is 27.0 Å². The lowest BCUT2D eigenvalue weighted by atomic mass is 10.2. The molecule has 1 rings (SSSR count). The molecule has 0 saturated heterocycles. The van der Waals surface area contributed by atoms with Gasteiger partial charge in [-0.15, -0.1) is 0 Å². The van der Waals surface area contributed by atoms with Crippen LogP contribution >= 0.6 is 0 Å². The molecule has 3 heteroatoms. The molecule has 0 unspecified atom stereocenters. The first kappa shape index (κ1) is 11.5. The molecule has 0 amide bonds. The van der Waals surface area contributed by atoms with Crippen molar-refractivity contribution < 1.29 is 0 Å². The zero-order chi connectivity index (χ0) is 10.4. The fourth-order valence-corrected chi connectivity index (χ4v) is 0.887. The highest BCUT2D eigenvalue weighted by Crippen LogP contribution is 2.10. The Bertz CT molecular complexity index is 344. The molecule has 0 radical (unpaired) electrons. The van der Waals surface area contributed by atoms with E-state index >= 15 is 0 Å². The molecule has 0 aliphatic carbocycles. The average Bonchev–Trinajstić information content (AvgIpc) is 2.50. The lowest BCUT2D eigenvalue weighted by Gasteiger charge is -1.93. The minimum Gasteiger partial charge on any atom is -0.306 e. The Kier molecular flexibility index (Phi) is 4.59. The van der Waals surface area contributed by atoms with E-state index in [0.717, 1.165) is 11.3 Å². The normalized spacial score (nSPS) is 8.54. The van der Waals surface area contributed by atoms with Crippen molar-refractivity contribution in [2.24, 2.45) is 0 Å². The number of aromatic nitrogens is 2. The van der Waals surface area contributed by atoms with Gasteiger partial charge in [0, 0.05) is 0 Å². The van der Waals surface area contributed by atoms with Gasteiger partial charge in [0.2, 0.25) is 0 Å². The summed E-state index contributed by atoms with van der Waals surface area (Å²) >= 11 is 0. The van der Waals surface area contributed by atoms with E-state index in [9.17, 15) is 4.79 Å². The van der Waals surface area contributed by atoms with Gasteiger partial charge < -0.3 is 9.97 Å². The van der Waals surface area contributed by atoms with Crippen molar-refractivity contribution in [2.45, 2.75) is 20.8 Å². The molecule has 0 atom stereocenters. The van der Waals surface area contributed by atoms with E-state index in [1.54, 1.807) is 6.08 Å². The molecule has 1 aromatic heterocycles. The van der Waals surface area contributed by atoms with E-state index in [1.165, 1.54) is 0 Å². The summed E-state index contributed by atoms with van der Waals surface area (Å²) in [6.07, 6.45) is 1.59. The van der Waals surface area contributed by atoms with Crippen molar-refractivity contribution in [1.82, 2.24) is 9.97 Å². The Morgan fingerprint density at radius 2 is 1.92 bits per heavy atom. The largest absolute Gasteiger partial charge is 0.323 e. The van der Waals surface area contributed by atoms with Gasteiger partial charge in [-0.3, -0.25) is 0 Å². The first-order valence-corrected chi connectivity index (χ1v) is 4.25. The molecule has 0 aromatic carbocycles. The predicted molar refractivity (Wildman–Crippen MR) is 57.6 cm³/mol. The molecule has 0 bridgehead atoms. The van der Waals surface area contributed by atoms with Gasteiger partial charge in [-0.2, -0.15) is 0 Å². The highest BCUT2D eigenvalue weighted by Gasteiger charge is 2.02. The van der Waals surface area contributed by atoms with Gasteiger partial charge in [0.25, 0.3) is 0 Å². The van der Waals surface area contributed by atoms with Crippen molar-refractivity contribution in [1.29, 1.82) is 0 Å². The van der Waals surface area contributed by atoms with E-state index in [4.69, 9.17) is 0 Å². The minimum atomic E-state index is -0.224. The summed E-state index contributed by atoms with van der Waals surface area (Å²) in [6.45, 7) is 13.1. The standard InChI is InChI=1S/C8H10N2O.C2H6/c1-4-6-7(5(2)3)10-8(11)9-6;1-2/h4H,1-2H2,3H3,(H2,9,10,11);1-2H3. The SMILES string of the molecule is C=Cc1[nH]c(=O)[nH]c1C(=C)C.CC. The second kappa shape index (κ2) is 5.19. The van der Waals surface area contributed by atoms with Crippen LogP contribution in [-0.4, -0.2) is 9.97 Å². The number of hydrogen-bond acceptors (Lipinski definition) is 1. The van der Waals surface area contributed by atoms with Crippen LogP contribution in [-0.2, 0) is 0 Å². The monoisotopic (exact) mass is 180 g/mol. The molecule has 0 spiro atoms. The van der Waals surface area contributed by atoms with Crippen LogP contribution in [0.1, 0.15) is 32.2 Å². The molecule has 0 fully saturated rings. The summed E-state index contributed by atoms with van der Waals surface area (Å²) in [5, 5.41) is 0. The van der Waals surface area contributed by atoms with Gasteiger partial charge in [0.1, 0.15) is 0 Å². The number of hydrogen-bond donors (Lipinski definition) is 2. The number of H-pyrrole nitrogens is 2. The van der Waals surface area contributed by atoms with Gasteiger partial charge in [-0.05, 0) is 18.6 Å². The fourth-order valence-electron chi connectivity index (χ4n) is 0.887. The molecule has 2 N–H and O–H groups in total. The molecule has 0 aliphatic rings. The summed E-state index contributed by atoms with van der Waals surface area (Å²) in [5.41, 5.74) is 2.02. The van der Waals surface area contributed by atoms with E-state index in [1.807, 2.05) is 20.8 Å². The number of imidazole rings is 1. The number of aromatic amines is 2. The molecule has 0 saturated carbocycles. The van der Waals surface area contributed by atoms with Crippen LogP contribution in [0.4, 0.5) is 0 Å². The Morgan fingerprint density at radius 3 is 2.23 bits per heavy atom. The van der Waals surface area contributed by atoms with Crippen LogP contribution in [0.25, 0.3) is 11.6 Å². The lowest BCUT2D eigenvalue weighted by molar-refractivity contribution is 1.18. The van der Waals surface area contributed by atoms with Crippen molar-refractivity contribution in [3.63, 3.8) is 0 Å². The molecule has 0 aliphatic heterocycles. The molecule has 1 aromatic rings. The van der Waals surface area contributed by atoms with E-state index in [2.05, 4.69) is 23.1 Å². The zero-order valence-electron chi connectivity index (χ0n) is 8.40. The second-order valence-corrected chi connectivity index (χ2v) is 2.35. The zero-order valence-corrected chi connectivity index (χ0v) is 8.40. The van der Waals surface area contributed by atoms with Crippen LogP contribution in [0.15, 0.2) is 18.0 Å². The minimum absolute atomic E-state index is 0.224. The highest BCUT2D eigenvalue weighted by molar-refractivity contribution is 5.66. The van der Waals surface area contributed by atoms with Crippen LogP contribution in [0.2, 0.25) is 0 Å². The molecule has 1 heterocycles. The summed E-state index contributed by atoms with van der Waals surface area (Å²) in [5.74, 6) is 0. The van der Waals surface area contributed by atoms with Crippen molar-refractivity contribution in [2.75, 3.05) is 0 Å². The third-order valence-electron chi connectivity index (χ3n) is 1.39. The molecule has 13 heavy (non-hydrogen) atoms. The summed E-state index contributed by atoms with van der Waals surface area (Å²) in [7, 11) is 0. The van der Waals surface area contributed by atoms with E-state index in [-0.39, 0.29) is 5.69 Å². The van der Waals surface area contributed by atoms with Gasteiger partial charge in [0.15, 0.2) is 0 Å². The van der Waals surface area contributed by atoms with Gasteiger partial charge in [0.05, 0.1) is 11.4 Å². The maximum absolute atomic E-state index is 10.8. The predicted octanol–water partition coefficient (Wildman–Crippen LogP) is 2.41. The number of allylic oxidation sites excluding steroid dienone is 1. The molecule has 72 valence electrons. The van der Waals surface area contributed by atoms with Crippen molar-refractivity contribution in [3.8, 4) is 0 Å². The maximum Gasteiger partial charge on any atom is 0.323 e. The maximum atomic E-state index is 10.8. The number of rotatable bonds is 2. The topological polar surface area (TPSA) is 48.6 Å². The highest BCUT2D eigenvalue weighted by atomic mass is 16.1. The summed E-state index contributed by atoms with van der Waals surface area (Å²) < 4.78 is 0. The summed E-state index contributed by atoms with van der Waals surface area (Å²) in [6, 6.07) is 0. The fraction of sp³-hybridized carbons (Fsp3) is 0.300. The summed E-state index contributed by atoms with van der Waals surface area (Å²) in [4.78, 5) is 16.0. The Hall–Kier alpha value is -1.51.